The van der Waals surface area contributed by atoms with Gasteiger partial charge in [-0.25, -0.2) is 0 Å². The van der Waals surface area contributed by atoms with Gasteiger partial charge in [-0.05, 0) is 43.4 Å². The molecule has 0 spiro atoms. The third-order valence-electron chi connectivity index (χ3n) is 5.59. The summed E-state index contributed by atoms with van der Waals surface area (Å²) in [5.74, 6) is 3.22. The monoisotopic (exact) mass is 310 g/mol. The molecular weight excluding hydrogens is 289 g/mol. The molecule has 0 amide bonds. The van der Waals surface area contributed by atoms with E-state index in [4.69, 9.17) is 6.42 Å². The number of terminal acetylenes is 1. The molecule has 2 aliphatic carbocycles. The molecule has 0 unspecified atom stereocenters. The SMILES string of the molecule is C#CCC1(CC)CC(Cn2cc(C3(C(F)(F)F)CC3)cn2)C1. The molecule has 2 saturated carbocycles. The molecule has 1 aromatic rings. The summed E-state index contributed by atoms with van der Waals surface area (Å²) in [6.07, 6.45) is 8.57. The fraction of sp³-hybridized carbons (Fsp3) is 0.706. The second kappa shape index (κ2) is 5.04. The molecule has 0 bridgehead atoms. The molecule has 0 aliphatic heterocycles. The largest absolute Gasteiger partial charge is 0.398 e. The number of nitrogens with zero attached hydrogens (tertiary/aromatic N) is 2. The van der Waals surface area contributed by atoms with Crippen LogP contribution in [0.2, 0.25) is 0 Å². The highest BCUT2D eigenvalue weighted by molar-refractivity contribution is 5.30. The van der Waals surface area contributed by atoms with E-state index in [1.54, 1.807) is 10.9 Å². The second-order valence-electron chi connectivity index (χ2n) is 7.04. The minimum absolute atomic E-state index is 0.187. The van der Waals surface area contributed by atoms with Crippen LogP contribution >= 0.6 is 0 Å². The van der Waals surface area contributed by atoms with Crippen LogP contribution in [0.25, 0.3) is 0 Å². The van der Waals surface area contributed by atoms with Gasteiger partial charge in [0.1, 0.15) is 0 Å². The lowest BCUT2D eigenvalue weighted by Crippen LogP contribution is -2.38. The predicted molar refractivity (Wildman–Crippen MR) is 78.1 cm³/mol. The number of hydrogen-bond donors (Lipinski definition) is 0. The first kappa shape index (κ1) is 15.5. The summed E-state index contributed by atoms with van der Waals surface area (Å²) in [5, 5.41) is 4.15. The first-order valence-electron chi connectivity index (χ1n) is 7.87. The van der Waals surface area contributed by atoms with Gasteiger partial charge in [0.25, 0.3) is 0 Å². The van der Waals surface area contributed by atoms with Gasteiger partial charge in [0, 0.05) is 24.7 Å². The first-order chi connectivity index (χ1) is 10.3. The van der Waals surface area contributed by atoms with Gasteiger partial charge in [-0.2, -0.15) is 18.3 Å². The minimum atomic E-state index is -4.17. The van der Waals surface area contributed by atoms with Crippen molar-refractivity contribution < 1.29 is 13.2 Å². The summed E-state index contributed by atoms with van der Waals surface area (Å²) in [6, 6.07) is 0. The predicted octanol–water partition coefficient (Wildman–Crippen LogP) is 4.31. The molecule has 120 valence electrons. The van der Waals surface area contributed by atoms with Gasteiger partial charge in [-0.15, -0.1) is 12.3 Å². The van der Waals surface area contributed by atoms with Gasteiger partial charge in [-0.3, -0.25) is 4.68 Å². The Morgan fingerprint density at radius 1 is 1.41 bits per heavy atom. The van der Waals surface area contributed by atoms with Crippen molar-refractivity contribution in [1.29, 1.82) is 0 Å². The summed E-state index contributed by atoms with van der Waals surface area (Å²) >= 11 is 0. The first-order valence-corrected chi connectivity index (χ1v) is 7.87. The number of hydrogen-bond acceptors (Lipinski definition) is 1. The fourth-order valence-electron chi connectivity index (χ4n) is 3.90. The van der Waals surface area contributed by atoms with Crippen LogP contribution in [0.4, 0.5) is 13.2 Å². The van der Waals surface area contributed by atoms with Crippen LogP contribution in [0.5, 0.6) is 0 Å². The standard InChI is InChI=1S/C17H21F3N2/c1-3-5-15(4-2)8-13(9-15)11-22-12-14(10-21-22)16(6-7-16)17(18,19)20/h1,10,12-13H,4-9,11H2,2H3. The fourth-order valence-corrected chi connectivity index (χ4v) is 3.90. The van der Waals surface area contributed by atoms with Crippen molar-refractivity contribution >= 4 is 0 Å². The van der Waals surface area contributed by atoms with Crippen LogP contribution in [0.1, 0.15) is 51.0 Å². The molecule has 0 saturated heterocycles. The van der Waals surface area contributed by atoms with Gasteiger partial charge < -0.3 is 0 Å². The van der Waals surface area contributed by atoms with Gasteiger partial charge >= 0.3 is 6.18 Å². The molecule has 22 heavy (non-hydrogen) atoms. The normalized spacial score (nSPS) is 29.7. The maximum absolute atomic E-state index is 13.1. The van der Waals surface area contributed by atoms with Crippen molar-refractivity contribution in [2.45, 2.75) is 63.6 Å². The lowest BCUT2D eigenvalue weighted by Gasteiger charge is -2.46. The number of aromatic nitrogens is 2. The van der Waals surface area contributed by atoms with E-state index < -0.39 is 11.6 Å². The third-order valence-corrected chi connectivity index (χ3v) is 5.59. The number of alkyl halides is 3. The Balaban J connectivity index is 1.62. The molecular formula is C17H21F3N2. The highest BCUT2D eigenvalue weighted by Crippen LogP contribution is 2.59. The zero-order chi connectivity index (χ0) is 16.0. The Morgan fingerprint density at radius 3 is 2.59 bits per heavy atom. The van der Waals surface area contributed by atoms with Gasteiger partial charge in [0.05, 0.1) is 11.6 Å². The zero-order valence-corrected chi connectivity index (χ0v) is 12.8. The van der Waals surface area contributed by atoms with E-state index >= 15 is 0 Å². The highest BCUT2D eigenvalue weighted by Gasteiger charge is 2.64. The Labute approximate surface area is 129 Å². The summed E-state index contributed by atoms with van der Waals surface area (Å²) < 4.78 is 41.0. The molecule has 0 N–H and O–H groups in total. The highest BCUT2D eigenvalue weighted by atomic mass is 19.4. The molecule has 5 heteroatoms. The van der Waals surface area contributed by atoms with Crippen molar-refractivity contribution in [3.63, 3.8) is 0 Å². The van der Waals surface area contributed by atoms with Crippen molar-refractivity contribution in [3.8, 4) is 12.3 Å². The molecule has 0 radical (unpaired) electrons. The van der Waals surface area contributed by atoms with E-state index in [1.807, 2.05) is 0 Å². The van der Waals surface area contributed by atoms with Crippen molar-refractivity contribution in [1.82, 2.24) is 9.78 Å². The van der Waals surface area contributed by atoms with Crippen molar-refractivity contribution in [2.24, 2.45) is 11.3 Å². The second-order valence-corrected chi connectivity index (χ2v) is 7.04. The van der Waals surface area contributed by atoms with Crippen LogP contribution in [0, 0.1) is 23.7 Å². The molecule has 2 fully saturated rings. The topological polar surface area (TPSA) is 17.8 Å². The average molecular weight is 310 g/mol. The summed E-state index contributed by atoms with van der Waals surface area (Å²) in [6.45, 7) is 2.85. The summed E-state index contributed by atoms with van der Waals surface area (Å²) in [7, 11) is 0. The Bertz CT molecular complexity index is 584. The van der Waals surface area contributed by atoms with Crippen molar-refractivity contribution in [2.75, 3.05) is 0 Å². The van der Waals surface area contributed by atoms with Gasteiger partial charge in [0.15, 0.2) is 0 Å². The van der Waals surface area contributed by atoms with E-state index in [2.05, 4.69) is 17.9 Å². The lowest BCUT2D eigenvalue weighted by molar-refractivity contribution is -0.160. The summed E-state index contributed by atoms with van der Waals surface area (Å²) in [5.41, 5.74) is -1.05. The van der Waals surface area contributed by atoms with Crippen molar-refractivity contribution in [3.05, 3.63) is 18.0 Å². The molecule has 2 nitrogen and oxygen atoms in total. The van der Waals surface area contributed by atoms with Crippen LogP contribution in [-0.2, 0) is 12.0 Å². The molecule has 1 aromatic heterocycles. The smallest absolute Gasteiger partial charge is 0.272 e. The minimum Gasteiger partial charge on any atom is -0.272 e. The van der Waals surface area contributed by atoms with E-state index in [1.165, 1.54) is 6.20 Å². The zero-order valence-electron chi connectivity index (χ0n) is 12.8. The summed E-state index contributed by atoms with van der Waals surface area (Å²) in [4.78, 5) is 0. The number of rotatable bonds is 5. The number of halogens is 3. The van der Waals surface area contributed by atoms with E-state index in [0.29, 0.717) is 18.0 Å². The maximum Gasteiger partial charge on any atom is 0.398 e. The molecule has 3 rings (SSSR count). The molecule has 1 heterocycles. The third kappa shape index (κ3) is 2.43. The van der Waals surface area contributed by atoms with Crippen LogP contribution in [-0.4, -0.2) is 16.0 Å². The molecule has 0 aromatic carbocycles. The van der Waals surface area contributed by atoms with E-state index in [-0.39, 0.29) is 18.3 Å². The van der Waals surface area contributed by atoms with Gasteiger partial charge in [-0.1, -0.05) is 6.92 Å². The van der Waals surface area contributed by atoms with Crippen LogP contribution in [0.15, 0.2) is 12.4 Å². The molecule has 2 aliphatic rings. The lowest BCUT2D eigenvalue weighted by atomic mass is 9.59. The average Bonchev–Trinajstić information content (AvgIpc) is 3.11. The molecule has 0 atom stereocenters. The van der Waals surface area contributed by atoms with Gasteiger partial charge in [0.2, 0.25) is 0 Å². The Kier molecular flexibility index (Phi) is 3.54. The quantitative estimate of drug-likeness (QED) is 0.741. The maximum atomic E-state index is 13.1. The van der Waals surface area contributed by atoms with E-state index in [0.717, 1.165) is 25.7 Å². The van der Waals surface area contributed by atoms with E-state index in [9.17, 15) is 13.2 Å². The van der Waals surface area contributed by atoms with Crippen LogP contribution in [0.3, 0.4) is 0 Å². The van der Waals surface area contributed by atoms with Crippen LogP contribution < -0.4 is 0 Å². The Hall–Kier alpha value is -1.44. The Morgan fingerprint density at radius 2 is 2.09 bits per heavy atom.